The van der Waals surface area contributed by atoms with Crippen molar-refractivity contribution in [3.05, 3.63) is 109 Å². The van der Waals surface area contributed by atoms with Crippen molar-refractivity contribution in [2.45, 2.75) is 411 Å². The van der Waals surface area contributed by atoms with Crippen molar-refractivity contribution < 1.29 is 75.8 Å². The highest BCUT2D eigenvalue weighted by molar-refractivity contribution is 7.47. The van der Waals surface area contributed by atoms with E-state index in [4.69, 9.17) is 32.3 Å². The zero-order chi connectivity index (χ0) is 79.4. The minimum absolute atomic E-state index is 0.108. The van der Waals surface area contributed by atoms with Crippen LogP contribution in [-0.2, 0) is 55.8 Å². The van der Waals surface area contributed by atoms with Gasteiger partial charge in [-0.05, 0) is 109 Å². The number of allylic oxidation sites excluding steroid dienone is 18. The van der Waals surface area contributed by atoms with Gasteiger partial charge in [0.15, 0.2) is 6.10 Å². The molecule has 0 rings (SSSR count). The van der Waals surface area contributed by atoms with Gasteiger partial charge in [-0.2, -0.15) is 0 Å². The lowest BCUT2D eigenvalue weighted by Crippen LogP contribution is -2.30. The molecule has 0 saturated carbocycles. The lowest BCUT2D eigenvalue weighted by atomic mass is 10.0. The average Bonchev–Trinajstić information content (AvgIpc) is 0.900. The third kappa shape index (κ3) is 84.9. The van der Waals surface area contributed by atoms with Crippen molar-refractivity contribution in [1.82, 2.24) is 0 Å². The van der Waals surface area contributed by atoms with Crippen LogP contribution >= 0.6 is 15.6 Å². The van der Waals surface area contributed by atoms with Crippen LogP contribution in [0.5, 0.6) is 0 Å². The zero-order valence-corrected chi connectivity index (χ0v) is 71.3. The van der Waals surface area contributed by atoms with Crippen LogP contribution in [0.3, 0.4) is 0 Å². The molecule has 632 valence electrons. The molecule has 0 aromatic carbocycles. The largest absolute Gasteiger partial charge is 0.472 e. The SMILES string of the molecule is CC/C=C\C/C=C\C/C=C\C/C=C\C/C=C\CCCCCCCCCCCCCCCC(=O)OCC(COP(=O)(O)OCC(O)COP(=O)(O)OCC(O)COC(=O)CCCCCCCCCCCCCCCCCCC/C=C\C/C=C\C/C=C\C/C=C\CCCCC)OC(=O)CCCCCCCCCCCCC. The fraction of sp³-hybridized carbons (Fsp3) is 0.769. The molecule has 0 fully saturated rings. The molecule has 0 aromatic heterocycles. The minimum Gasteiger partial charge on any atom is -0.463 e. The number of unbranched alkanes of at least 4 members (excludes halogenated alkanes) is 43. The lowest BCUT2D eigenvalue weighted by Gasteiger charge is -2.21. The molecular weight excluding hydrogens is 1410 g/mol. The highest BCUT2D eigenvalue weighted by Crippen LogP contribution is 2.45. The van der Waals surface area contributed by atoms with E-state index in [0.29, 0.717) is 19.3 Å². The van der Waals surface area contributed by atoms with Crippen LogP contribution in [0.15, 0.2) is 109 Å². The maximum atomic E-state index is 13.0. The van der Waals surface area contributed by atoms with E-state index in [9.17, 15) is 43.5 Å². The second-order valence-electron chi connectivity index (χ2n) is 29.7. The number of esters is 3. The van der Waals surface area contributed by atoms with Gasteiger partial charge in [0.25, 0.3) is 0 Å². The van der Waals surface area contributed by atoms with E-state index in [-0.39, 0.29) is 19.3 Å². The first-order chi connectivity index (χ1) is 53.2. The van der Waals surface area contributed by atoms with Gasteiger partial charge in [0.2, 0.25) is 0 Å². The summed E-state index contributed by atoms with van der Waals surface area (Å²) in [5, 5.41) is 20.7. The van der Waals surface area contributed by atoms with Crippen LogP contribution in [0.2, 0.25) is 0 Å². The molecule has 0 bridgehead atoms. The molecule has 0 spiro atoms. The fourth-order valence-corrected chi connectivity index (χ4v) is 13.9. The third-order valence-corrected chi connectivity index (χ3v) is 20.9. The molecule has 4 N–H and O–H groups in total. The fourth-order valence-electron chi connectivity index (χ4n) is 12.3. The van der Waals surface area contributed by atoms with Gasteiger partial charge in [0, 0.05) is 19.3 Å². The third-order valence-electron chi connectivity index (χ3n) is 19.0. The predicted molar refractivity (Wildman–Crippen MR) is 454 cm³/mol. The summed E-state index contributed by atoms with van der Waals surface area (Å²) >= 11 is 0. The van der Waals surface area contributed by atoms with E-state index < -0.39 is 91.5 Å². The van der Waals surface area contributed by atoms with Crippen LogP contribution in [0.1, 0.15) is 393 Å². The van der Waals surface area contributed by atoms with Gasteiger partial charge in [-0.25, -0.2) is 9.13 Å². The quantitative estimate of drug-likeness (QED) is 0.0146. The highest BCUT2D eigenvalue weighted by Gasteiger charge is 2.29. The average molecular weight is 1570 g/mol. The molecule has 0 heterocycles. The van der Waals surface area contributed by atoms with Gasteiger partial charge >= 0.3 is 33.6 Å². The molecule has 0 amide bonds. The topological polar surface area (TPSA) is 231 Å². The van der Waals surface area contributed by atoms with E-state index in [1.807, 2.05) is 0 Å². The Balaban J connectivity index is 4.34. The number of aliphatic hydroxyl groups excluding tert-OH is 2. The summed E-state index contributed by atoms with van der Waals surface area (Å²) in [6.45, 7) is 2.59. The highest BCUT2D eigenvalue weighted by atomic mass is 31.2. The zero-order valence-electron chi connectivity index (χ0n) is 69.5. The molecule has 5 unspecified atom stereocenters. The van der Waals surface area contributed by atoms with Crippen LogP contribution < -0.4 is 0 Å². The first kappa shape index (κ1) is 105. The Labute approximate surface area is 666 Å². The normalized spacial score (nSPS) is 14.4. The van der Waals surface area contributed by atoms with Gasteiger partial charge in [-0.3, -0.25) is 32.5 Å². The van der Waals surface area contributed by atoms with Gasteiger partial charge in [-0.15, -0.1) is 0 Å². The van der Waals surface area contributed by atoms with E-state index in [1.54, 1.807) is 0 Å². The first-order valence-electron chi connectivity index (χ1n) is 44.2. The Morgan fingerprint density at radius 3 is 0.789 bits per heavy atom. The lowest BCUT2D eigenvalue weighted by molar-refractivity contribution is -0.161. The monoisotopic (exact) mass is 1570 g/mol. The van der Waals surface area contributed by atoms with E-state index >= 15 is 0 Å². The number of phosphoric acid groups is 2. The number of carbonyl (C=O) groups is 3. The molecule has 0 radical (unpaired) electrons. The summed E-state index contributed by atoms with van der Waals surface area (Å²) in [5.41, 5.74) is 0. The van der Waals surface area contributed by atoms with Gasteiger partial charge < -0.3 is 34.2 Å². The molecule has 5 atom stereocenters. The minimum atomic E-state index is -4.93. The Morgan fingerprint density at radius 2 is 0.486 bits per heavy atom. The maximum absolute atomic E-state index is 13.0. The summed E-state index contributed by atoms with van der Waals surface area (Å²) in [6.07, 6.45) is 100. The molecule has 0 aliphatic rings. The van der Waals surface area contributed by atoms with E-state index in [0.717, 1.165) is 122 Å². The van der Waals surface area contributed by atoms with Crippen molar-refractivity contribution in [1.29, 1.82) is 0 Å². The van der Waals surface area contributed by atoms with Gasteiger partial charge in [-0.1, -0.05) is 374 Å². The molecule has 16 nitrogen and oxygen atoms in total. The van der Waals surface area contributed by atoms with Gasteiger partial charge in [0.05, 0.1) is 26.4 Å². The molecule has 0 aliphatic carbocycles. The second-order valence-corrected chi connectivity index (χ2v) is 32.6. The Hall–Kier alpha value is -3.79. The number of carbonyl (C=O) groups excluding carboxylic acids is 3. The maximum Gasteiger partial charge on any atom is 0.472 e. The van der Waals surface area contributed by atoms with Crippen molar-refractivity contribution in [3.8, 4) is 0 Å². The number of hydrogen-bond donors (Lipinski definition) is 4. The first-order valence-corrected chi connectivity index (χ1v) is 47.2. The molecular formula is C91H162O16P2. The summed E-state index contributed by atoms with van der Waals surface area (Å²) in [6, 6.07) is 0. The van der Waals surface area contributed by atoms with Crippen molar-refractivity contribution in [2.75, 3.05) is 39.6 Å². The summed E-state index contributed by atoms with van der Waals surface area (Å²) in [7, 11) is -9.78. The smallest absolute Gasteiger partial charge is 0.463 e. The van der Waals surface area contributed by atoms with Crippen LogP contribution in [0.4, 0.5) is 0 Å². The van der Waals surface area contributed by atoms with Gasteiger partial charge in [0.1, 0.15) is 25.4 Å². The molecule has 0 saturated heterocycles. The predicted octanol–water partition coefficient (Wildman–Crippen LogP) is 26.7. The summed E-state index contributed by atoms with van der Waals surface area (Å²) < 4.78 is 61.2. The van der Waals surface area contributed by atoms with E-state index in [1.165, 1.54) is 212 Å². The van der Waals surface area contributed by atoms with Crippen LogP contribution in [0, 0.1) is 0 Å². The van der Waals surface area contributed by atoms with Crippen LogP contribution in [-0.4, -0.2) is 95.9 Å². The summed E-state index contributed by atoms with van der Waals surface area (Å²) in [5.74, 6) is -1.56. The summed E-state index contributed by atoms with van der Waals surface area (Å²) in [4.78, 5) is 58.7. The number of hydrogen-bond acceptors (Lipinski definition) is 14. The number of aliphatic hydroxyl groups is 2. The Morgan fingerprint density at radius 1 is 0.266 bits per heavy atom. The second kappa shape index (κ2) is 83.6. The Bertz CT molecular complexity index is 2420. The van der Waals surface area contributed by atoms with Crippen molar-refractivity contribution in [3.63, 3.8) is 0 Å². The van der Waals surface area contributed by atoms with Crippen molar-refractivity contribution >= 4 is 33.6 Å². The number of phosphoric ester groups is 2. The van der Waals surface area contributed by atoms with E-state index in [2.05, 4.69) is 130 Å². The molecule has 0 aliphatic heterocycles. The molecule has 109 heavy (non-hydrogen) atoms. The number of ether oxygens (including phenoxy) is 3. The molecule has 18 heteroatoms. The van der Waals surface area contributed by atoms with Crippen LogP contribution in [0.25, 0.3) is 0 Å². The Kier molecular flexibility index (Phi) is 80.7. The van der Waals surface area contributed by atoms with Crippen molar-refractivity contribution in [2.24, 2.45) is 0 Å². The molecule has 0 aromatic rings. The standard InChI is InChI=1S/C91H162O16P2/c1-4-7-10-13-16-19-22-24-26-28-30-32-34-36-38-40-41-42-43-45-47-48-50-52-54-56-58-60-63-65-68-71-74-77-89(94)101-80-86(92)81-103-108(97,98)104-82-87(93)83-105-109(99,100)106-85-88(107-91(96)79-76-73-70-67-62-21-18-15-12-9-6-3)84-102-90(95)78-75-72-69-66-64-61-59-57-55-53-51-49-46-44-39-37-35-33-31-29-27-25-23-20-17-14-11-8-5-2/h8,11,16-17,19-20,24-27,30-33,36-39,86-88,92-93H,4-7,9-10,12-15,18,21-23,28-29,34-35,40-85H2,1-3H3,(H,97,98)(H,99,100)/b11-8-,19-16-,20-17-,26-24-,27-25-,32-30-,33-31-,38-36-,39-37-. The number of rotatable bonds is 84.